The molecular weight excluding hydrogens is 273 g/mol. The molecule has 106 valence electrons. The Bertz CT molecular complexity index is 545. The van der Waals surface area contributed by atoms with E-state index in [4.69, 9.17) is 17.3 Å². The third kappa shape index (κ3) is 3.38. The van der Waals surface area contributed by atoms with E-state index in [9.17, 15) is 4.39 Å². The summed E-state index contributed by atoms with van der Waals surface area (Å²) in [5.41, 5.74) is 8.65. The summed E-state index contributed by atoms with van der Waals surface area (Å²) in [6.07, 6.45) is 3.41. The fraction of sp³-hybridized carbons (Fsp3) is 0.294. The van der Waals surface area contributed by atoms with E-state index >= 15 is 0 Å². The van der Waals surface area contributed by atoms with Gasteiger partial charge in [0.1, 0.15) is 5.82 Å². The maximum Gasteiger partial charge on any atom is 0.129 e. The number of nitrogens with two attached hydrogens (primary N) is 1. The molecule has 0 fully saturated rings. The quantitative estimate of drug-likeness (QED) is 0.835. The number of aryl methyl sites for hydroxylation is 1. The summed E-state index contributed by atoms with van der Waals surface area (Å²) >= 11 is 6.05. The van der Waals surface area contributed by atoms with Gasteiger partial charge in [0.2, 0.25) is 0 Å². The average molecular weight is 292 g/mol. The second-order valence-electron chi connectivity index (χ2n) is 4.96. The van der Waals surface area contributed by atoms with Gasteiger partial charge in [-0.2, -0.15) is 0 Å². The Balaban J connectivity index is 2.23. The van der Waals surface area contributed by atoms with Crippen molar-refractivity contribution in [3.63, 3.8) is 0 Å². The van der Waals surface area contributed by atoms with E-state index < -0.39 is 6.04 Å². The van der Waals surface area contributed by atoms with Gasteiger partial charge in [-0.25, -0.2) is 4.39 Å². The van der Waals surface area contributed by atoms with Crippen molar-refractivity contribution in [2.75, 3.05) is 0 Å². The van der Waals surface area contributed by atoms with Crippen LogP contribution < -0.4 is 5.73 Å². The van der Waals surface area contributed by atoms with Gasteiger partial charge in [-0.15, -0.1) is 0 Å². The van der Waals surface area contributed by atoms with Crippen molar-refractivity contribution in [3.8, 4) is 0 Å². The molecule has 1 unspecified atom stereocenters. The minimum absolute atomic E-state index is 0.357. The first-order chi connectivity index (χ1) is 9.63. The smallest absolute Gasteiger partial charge is 0.129 e. The highest BCUT2D eigenvalue weighted by atomic mass is 35.5. The second kappa shape index (κ2) is 6.87. The summed E-state index contributed by atoms with van der Waals surface area (Å²) in [6.45, 7) is 2.17. The molecule has 0 saturated heterocycles. The number of rotatable bonds is 5. The van der Waals surface area contributed by atoms with E-state index in [1.807, 2.05) is 12.1 Å². The lowest BCUT2D eigenvalue weighted by molar-refractivity contribution is 0.600. The van der Waals surface area contributed by atoms with Gasteiger partial charge in [0, 0.05) is 10.6 Å². The average Bonchev–Trinajstić information content (AvgIpc) is 2.45. The van der Waals surface area contributed by atoms with Crippen molar-refractivity contribution in [3.05, 3.63) is 70.0 Å². The number of benzene rings is 2. The maximum absolute atomic E-state index is 13.9. The standard InChI is InChI=1S/C17H19ClFN/c1-2-3-5-12-8-10-13(11-9-12)17(20)16-14(18)6-4-7-15(16)19/h4,6-11,17H,2-3,5,20H2,1H3. The van der Waals surface area contributed by atoms with Crippen LogP contribution in [-0.4, -0.2) is 0 Å². The van der Waals surface area contributed by atoms with E-state index in [0.717, 1.165) is 12.0 Å². The molecule has 0 spiro atoms. The molecule has 1 atom stereocenters. The first-order valence-corrected chi connectivity index (χ1v) is 7.29. The van der Waals surface area contributed by atoms with Crippen molar-refractivity contribution < 1.29 is 4.39 Å². The van der Waals surface area contributed by atoms with E-state index in [-0.39, 0.29) is 5.82 Å². The molecule has 0 radical (unpaired) electrons. The third-order valence-electron chi connectivity index (χ3n) is 3.47. The molecule has 0 heterocycles. The van der Waals surface area contributed by atoms with E-state index in [1.54, 1.807) is 12.1 Å². The minimum atomic E-state index is -0.538. The van der Waals surface area contributed by atoms with Crippen LogP contribution in [0.15, 0.2) is 42.5 Å². The van der Waals surface area contributed by atoms with Crippen LogP contribution in [0.4, 0.5) is 4.39 Å². The van der Waals surface area contributed by atoms with Crippen LogP contribution in [0.2, 0.25) is 5.02 Å². The summed E-state index contributed by atoms with van der Waals surface area (Å²) in [7, 11) is 0. The van der Waals surface area contributed by atoms with Crippen molar-refractivity contribution in [1.29, 1.82) is 0 Å². The second-order valence-corrected chi connectivity index (χ2v) is 5.37. The fourth-order valence-electron chi connectivity index (χ4n) is 2.25. The third-order valence-corrected chi connectivity index (χ3v) is 3.80. The maximum atomic E-state index is 13.9. The van der Waals surface area contributed by atoms with Crippen LogP contribution >= 0.6 is 11.6 Å². The van der Waals surface area contributed by atoms with Gasteiger partial charge in [-0.3, -0.25) is 0 Å². The van der Waals surface area contributed by atoms with Crippen LogP contribution in [0, 0.1) is 5.82 Å². The molecule has 0 amide bonds. The highest BCUT2D eigenvalue weighted by molar-refractivity contribution is 6.31. The molecule has 3 heteroatoms. The van der Waals surface area contributed by atoms with Gasteiger partial charge in [-0.1, -0.05) is 55.3 Å². The molecule has 0 aliphatic heterocycles. The molecule has 0 aliphatic carbocycles. The van der Waals surface area contributed by atoms with Gasteiger partial charge in [0.15, 0.2) is 0 Å². The van der Waals surface area contributed by atoms with Crippen LogP contribution in [0.25, 0.3) is 0 Å². The van der Waals surface area contributed by atoms with Gasteiger partial charge in [-0.05, 0) is 36.1 Å². The van der Waals surface area contributed by atoms with E-state index in [0.29, 0.717) is 10.6 Å². The molecule has 1 nitrogen and oxygen atoms in total. The zero-order chi connectivity index (χ0) is 14.5. The Morgan fingerprint density at radius 1 is 1.15 bits per heavy atom. The summed E-state index contributed by atoms with van der Waals surface area (Å²) < 4.78 is 13.9. The number of halogens is 2. The molecule has 0 aliphatic rings. The van der Waals surface area contributed by atoms with Gasteiger partial charge < -0.3 is 5.73 Å². The monoisotopic (exact) mass is 291 g/mol. The molecule has 2 aromatic carbocycles. The number of hydrogen-bond donors (Lipinski definition) is 1. The van der Waals surface area contributed by atoms with Crippen LogP contribution in [-0.2, 0) is 6.42 Å². The lowest BCUT2D eigenvalue weighted by atomic mass is 9.97. The Morgan fingerprint density at radius 3 is 2.45 bits per heavy atom. The molecular formula is C17H19ClFN. The molecule has 0 bridgehead atoms. The number of hydrogen-bond acceptors (Lipinski definition) is 1. The summed E-state index contributed by atoms with van der Waals surface area (Å²) in [6, 6.07) is 12.1. The summed E-state index contributed by atoms with van der Waals surface area (Å²) in [4.78, 5) is 0. The Hall–Kier alpha value is -1.38. The Morgan fingerprint density at radius 2 is 1.85 bits per heavy atom. The van der Waals surface area contributed by atoms with Crippen molar-refractivity contribution in [2.45, 2.75) is 32.2 Å². The summed E-state index contributed by atoms with van der Waals surface area (Å²) in [5.74, 6) is -0.361. The summed E-state index contributed by atoms with van der Waals surface area (Å²) in [5, 5.41) is 0.368. The van der Waals surface area contributed by atoms with Gasteiger partial charge in [0.25, 0.3) is 0 Å². The largest absolute Gasteiger partial charge is 0.320 e. The van der Waals surface area contributed by atoms with Gasteiger partial charge >= 0.3 is 0 Å². The normalized spacial score (nSPS) is 12.4. The Labute approximate surface area is 124 Å². The predicted octanol–water partition coefficient (Wildman–Crippen LogP) is 4.87. The molecule has 0 saturated carbocycles. The molecule has 0 aromatic heterocycles. The highest BCUT2D eigenvalue weighted by Gasteiger charge is 2.16. The van der Waals surface area contributed by atoms with Crippen molar-refractivity contribution >= 4 is 11.6 Å². The number of unbranched alkanes of at least 4 members (excludes halogenated alkanes) is 1. The molecule has 2 rings (SSSR count). The van der Waals surface area contributed by atoms with E-state index in [1.165, 1.54) is 24.5 Å². The zero-order valence-corrected chi connectivity index (χ0v) is 12.3. The highest BCUT2D eigenvalue weighted by Crippen LogP contribution is 2.29. The van der Waals surface area contributed by atoms with E-state index in [2.05, 4.69) is 19.1 Å². The van der Waals surface area contributed by atoms with Crippen LogP contribution in [0.3, 0.4) is 0 Å². The lowest BCUT2D eigenvalue weighted by Crippen LogP contribution is -2.14. The van der Waals surface area contributed by atoms with Crippen molar-refractivity contribution in [2.24, 2.45) is 5.73 Å². The lowest BCUT2D eigenvalue weighted by Gasteiger charge is -2.15. The first kappa shape index (κ1) is 15.0. The predicted molar refractivity (Wildman–Crippen MR) is 82.5 cm³/mol. The topological polar surface area (TPSA) is 26.0 Å². The van der Waals surface area contributed by atoms with Crippen molar-refractivity contribution in [1.82, 2.24) is 0 Å². The fourth-order valence-corrected chi connectivity index (χ4v) is 2.53. The Kier molecular flexibility index (Phi) is 5.16. The SMILES string of the molecule is CCCCc1ccc(C(N)c2c(F)cccc2Cl)cc1. The van der Waals surface area contributed by atoms with Crippen LogP contribution in [0.5, 0.6) is 0 Å². The molecule has 2 aromatic rings. The minimum Gasteiger partial charge on any atom is -0.320 e. The molecule has 20 heavy (non-hydrogen) atoms. The van der Waals surface area contributed by atoms with Gasteiger partial charge in [0.05, 0.1) is 6.04 Å². The first-order valence-electron chi connectivity index (χ1n) is 6.91. The zero-order valence-electron chi connectivity index (χ0n) is 11.6. The molecule has 2 N–H and O–H groups in total. The van der Waals surface area contributed by atoms with Crippen LogP contribution in [0.1, 0.15) is 42.5 Å².